The first-order chi connectivity index (χ1) is 11.5. The zero-order valence-electron chi connectivity index (χ0n) is 12.3. The Balaban J connectivity index is 1.92. The van der Waals surface area contributed by atoms with Crippen molar-refractivity contribution < 1.29 is 15.0 Å². The molecule has 0 aliphatic heterocycles. The molecule has 0 amide bonds. The number of aromatic carboxylic acids is 1. The zero-order chi connectivity index (χ0) is 17.1. The minimum Gasteiger partial charge on any atom is -0.492 e. The molecule has 120 valence electrons. The van der Waals surface area contributed by atoms with Gasteiger partial charge < -0.3 is 15.5 Å². The molecule has 0 saturated carbocycles. The van der Waals surface area contributed by atoms with Crippen molar-refractivity contribution >= 4 is 28.7 Å². The molecule has 0 fully saturated rings. The zero-order valence-corrected chi connectivity index (χ0v) is 13.1. The van der Waals surface area contributed by atoms with Gasteiger partial charge in [-0.15, -0.1) is 0 Å². The number of rotatable bonds is 4. The second-order valence-corrected chi connectivity index (χ2v) is 5.84. The lowest BCUT2D eigenvalue weighted by atomic mass is 10.2. The molecule has 3 rings (SSSR count). The van der Waals surface area contributed by atoms with E-state index in [0.717, 1.165) is 16.9 Å². The van der Waals surface area contributed by atoms with E-state index in [2.05, 4.69) is 10.3 Å². The van der Waals surface area contributed by atoms with E-state index >= 15 is 0 Å². The smallest absolute Gasteiger partial charge is 0.335 e. The van der Waals surface area contributed by atoms with E-state index in [0.29, 0.717) is 10.7 Å². The Labute approximate surface area is 140 Å². The number of hydrogen-bond donors (Lipinski definition) is 3. The third kappa shape index (κ3) is 3.26. The van der Waals surface area contributed by atoms with Crippen LogP contribution in [0.25, 0.3) is 10.6 Å². The van der Waals surface area contributed by atoms with Crippen LogP contribution in [0.15, 0.2) is 59.4 Å². The topological polar surface area (TPSA) is 99.5 Å². The van der Waals surface area contributed by atoms with Gasteiger partial charge in [0.25, 0.3) is 4.74 Å². The molecular formula is C17H12N2O4S. The summed E-state index contributed by atoms with van der Waals surface area (Å²) in [6.07, 6.45) is 0. The number of nitrogens with zero attached hydrogens (tertiary/aromatic N) is 1. The molecule has 2 aromatic carbocycles. The van der Waals surface area contributed by atoms with E-state index in [1.807, 2.05) is 18.2 Å². The van der Waals surface area contributed by atoms with Crippen molar-refractivity contribution in [2.24, 2.45) is 0 Å². The molecule has 0 aliphatic rings. The summed E-state index contributed by atoms with van der Waals surface area (Å²) in [6, 6.07) is 14.9. The van der Waals surface area contributed by atoms with Crippen molar-refractivity contribution in [3.8, 4) is 16.5 Å². The van der Waals surface area contributed by atoms with Crippen molar-refractivity contribution in [3.05, 3.63) is 69.7 Å². The minimum atomic E-state index is -1.04. The average molecular weight is 340 g/mol. The standard InChI is InChI=1S/C17H12N2O4S/c20-14-13(18-12-8-6-11(7-9-12)16(21)22)17(23)24-15(19-14)10-4-2-1-3-5-10/h1-9,18,20H,(H,21,22). The molecule has 0 radical (unpaired) electrons. The molecule has 0 atom stereocenters. The molecule has 1 heterocycles. The quantitative estimate of drug-likeness (QED) is 0.674. The van der Waals surface area contributed by atoms with Gasteiger partial charge in [0.2, 0.25) is 5.88 Å². The fourth-order valence-electron chi connectivity index (χ4n) is 2.06. The van der Waals surface area contributed by atoms with Crippen LogP contribution in [-0.2, 0) is 0 Å². The number of carboxylic acid groups (broad SMARTS) is 1. The highest BCUT2D eigenvalue weighted by molar-refractivity contribution is 7.12. The predicted molar refractivity (Wildman–Crippen MR) is 92.2 cm³/mol. The fourth-order valence-corrected chi connectivity index (χ4v) is 2.86. The van der Waals surface area contributed by atoms with Gasteiger partial charge in [-0.1, -0.05) is 41.7 Å². The Morgan fingerprint density at radius 2 is 1.71 bits per heavy atom. The van der Waals surface area contributed by atoms with Crippen molar-refractivity contribution in [3.63, 3.8) is 0 Å². The van der Waals surface area contributed by atoms with Gasteiger partial charge in [0.05, 0.1) is 5.56 Å². The average Bonchev–Trinajstić information content (AvgIpc) is 2.59. The van der Waals surface area contributed by atoms with E-state index in [1.165, 1.54) is 24.3 Å². The van der Waals surface area contributed by atoms with Gasteiger partial charge in [-0.05, 0) is 24.3 Å². The first-order valence-corrected chi connectivity index (χ1v) is 7.76. The Hall–Kier alpha value is -3.19. The maximum Gasteiger partial charge on any atom is 0.335 e. The summed E-state index contributed by atoms with van der Waals surface area (Å²) in [5.74, 6) is -1.44. The van der Waals surface area contributed by atoms with Crippen molar-refractivity contribution in [1.29, 1.82) is 0 Å². The van der Waals surface area contributed by atoms with E-state index in [9.17, 15) is 14.7 Å². The van der Waals surface area contributed by atoms with Crippen LogP contribution in [0.4, 0.5) is 11.4 Å². The lowest BCUT2D eigenvalue weighted by Crippen LogP contribution is -2.06. The number of hydrogen-bond acceptors (Lipinski definition) is 6. The highest BCUT2D eigenvalue weighted by atomic mass is 32.1. The van der Waals surface area contributed by atoms with Crippen molar-refractivity contribution in [1.82, 2.24) is 4.98 Å². The SMILES string of the molecule is O=C(O)c1ccc(Nc2c(O)nc(-c3ccccc3)sc2=O)cc1. The van der Waals surface area contributed by atoms with Crippen LogP contribution in [0.2, 0.25) is 0 Å². The summed E-state index contributed by atoms with van der Waals surface area (Å²) in [4.78, 5) is 27.2. The molecule has 24 heavy (non-hydrogen) atoms. The third-order valence-corrected chi connectivity index (χ3v) is 4.16. The summed E-state index contributed by atoms with van der Waals surface area (Å²) < 4.78 is -0.372. The van der Waals surface area contributed by atoms with Gasteiger partial charge in [0.15, 0.2) is 5.69 Å². The summed E-state index contributed by atoms with van der Waals surface area (Å²) in [5, 5.41) is 22.1. The first kappa shape index (κ1) is 15.7. The van der Waals surface area contributed by atoms with Crippen LogP contribution in [0, 0.1) is 0 Å². The predicted octanol–water partition coefficient (Wildman–Crippen LogP) is 3.32. The molecule has 0 spiro atoms. The van der Waals surface area contributed by atoms with Crippen LogP contribution < -0.4 is 10.1 Å². The minimum absolute atomic E-state index is 0.0391. The van der Waals surface area contributed by atoms with Gasteiger partial charge in [0, 0.05) is 11.3 Å². The number of benzene rings is 2. The first-order valence-electron chi connectivity index (χ1n) is 6.94. The van der Waals surface area contributed by atoms with Crippen molar-refractivity contribution in [2.75, 3.05) is 5.32 Å². The van der Waals surface area contributed by atoms with Gasteiger partial charge in [-0.25, -0.2) is 9.78 Å². The normalized spacial score (nSPS) is 10.3. The molecule has 3 aromatic rings. The Bertz CT molecular complexity index is 937. The van der Waals surface area contributed by atoms with Gasteiger partial charge in [-0.3, -0.25) is 4.79 Å². The monoisotopic (exact) mass is 340 g/mol. The van der Waals surface area contributed by atoms with Crippen LogP contribution >= 0.6 is 11.3 Å². The number of anilines is 2. The summed E-state index contributed by atoms with van der Waals surface area (Å²) in [7, 11) is 0. The summed E-state index contributed by atoms with van der Waals surface area (Å²) in [5.41, 5.74) is 1.32. The number of nitrogens with one attached hydrogen (secondary N) is 1. The Kier molecular flexibility index (Phi) is 4.26. The van der Waals surface area contributed by atoms with Crippen LogP contribution in [-0.4, -0.2) is 21.2 Å². The van der Waals surface area contributed by atoms with Crippen LogP contribution in [0.1, 0.15) is 10.4 Å². The number of aromatic hydroxyl groups is 1. The highest BCUT2D eigenvalue weighted by Gasteiger charge is 2.13. The molecule has 0 aliphatic carbocycles. The molecule has 6 nitrogen and oxygen atoms in total. The number of carbonyl (C=O) groups is 1. The second kappa shape index (κ2) is 6.51. The third-order valence-electron chi connectivity index (χ3n) is 3.25. The van der Waals surface area contributed by atoms with E-state index in [-0.39, 0.29) is 16.0 Å². The number of carboxylic acids is 1. The van der Waals surface area contributed by atoms with Gasteiger partial charge in [-0.2, -0.15) is 0 Å². The highest BCUT2D eigenvalue weighted by Crippen LogP contribution is 2.27. The molecule has 3 N–H and O–H groups in total. The van der Waals surface area contributed by atoms with Crippen LogP contribution in [0.5, 0.6) is 5.88 Å². The maximum atomic E-state index is 12.3. The van der Waals surface area contributed by atoms with Gasteiger partial charge >= 0.3 is 5.97 Å². The second-order valence-electron chi connectivity index (χ2n) is 4.88. The lowest BCUT2D eigenvalue weighted by Gasteiger charge is -2.08. The fraction of sp³-hybridized carbons (Fsp3) is 0. The molecule has 1 aromatic heterocycles. The van der Waals surface area contributed by atoms with Gasteiger partial charge in [0.1, 0.15) is 5.01 Å². The molecular weight excluding hydrogens is 328 g/mol. The number of aromatic nitrogens is 1. The summed E-state index contributed by atoms with van der Waals surface area (Å²) >= 11 is 0.915. The molecule has 7 heteroatoms. The summed E-state index contributed by atoms with van der Waals surface area (Å²) in [6.45, 7) is 0. The van der Waals surface area contributed by atoms with Crippen molar-refractivity contribution in [2.45, 2.75) is 0 Å². The molecule has 0 saturated heterocycles. The van der Waals surface area contributed by atoms with E-state index in [4.69, 9.17) is 5.11 Å². The van der Waals surface area contributed by atoms with Crippen LogP contribution in [0.3, 0.4) is 0 Å². The Morgan fingerprint density at radius 1 is 1.04 bits per heavy atom. The van der Waals surface area contributed by atoms with E-state index < -0.39 is 11.8 Å². The lowest BCUT2D eigenvalue weighted by molar-refractivity contribution is 0.0697. The Morgan fingerprint density at radius 3 is 2.29 bits per heavy atom. The molecule has 0 bridgehead atoms. The van der Waals surface area contributed by atoms with E-state index in [1.54, 1.807) is 12.1 Å². The largest absolute Gasteiger partial charge is 0.492 e. The maximum absolute atomic E-state index is 12.3. The molecule has 0 unspecified atom stereocenters.